The summed E-state index contributed by atoms with van der Waals surface area (Å²) in [6.07, 6.45) is 3.12. The minimum Gasteiger partial charge on any atom is -0.364 e. The highest BCUT2D eigenvalue weighted by molar-refractivity contribution is 6.30. The number of hydrogen-bond acceptors (Lipinski definition) is 2. The second kappa shape index (κ2) is 7.64. The number of anilines is 1. The molecule has 3 heteroatoms. The zero-order chi connectivity index (χ0) is 20.6. The number of nitriles is 1. The van der Waals surface area contributed by atoms with E-state index in [-0.39, 0.29) is 5.54 Å². The summed E-state index contributed by atoms with van der Waals surface area (Å²) in [5.41, 5.74) is 6.69. The van der Waals surface area contributed by atoms with Gasteiger partial charge in [-0.25, -0.2) is 0 Å². The number of nitrogens with zero attached hydrogens (tertiary/aromatic N) is 2. The van der Waals surface area contributed by atoms with E-state index in [1.54, 1.807) is 0 Å². The molecule has 1 atom stereocenters. The molecular weight excluding hydrogens is 364 g/mol. The van der Waals surface area contributed by atoms with Gasteiger partial charge in [0.15, 0.2) is 0 Å². The molecule has 2 aromatic carbocycles. The molecule has 0 N–H and O–H groups in total. The van der Waals surface area contributed by atoms with Crippen LogP contribution in [0.4, 0.5) is 5.69 Å². The van der Waals surface area contributed by atoms with Crippen LogP contribution < -0.4 is 4.90 Å². The maximum Gasteiger partial charge on any atom is 0.0998 e. The number of rotatable bonds is 3. The van der Waals surface area contributed by atoms with Crippen molar-refractivity contribution < 1.29 is 0 Å². The lowest BCUT2D eigenvalue weighted by atomic mass is 9.78. The molecule has 146 valence electrons. The molecule has 0 aromatic heterocycles. The Morgan fingerprint density at radius 3 is 2.46 bits per heavy atom. The fraction of sp³-hybridized carbons (Fsp3) is 0.400. The Kier molecular flexibility index (Phi) is 5.60. The van der Waals surface area contributed by atoms with Crippen LogP contribution in [0.2, 0.25) is 5.02 Å². The summed E-state index contributed by atoms with van der Waals surface area (Å²) in [5.74, 6) is 0.480. The number of halogens is 1. The Labute approximate surface area is 174 Å². The van der Waals surface area contributed by atoms with Crippen LogP contribution in [0.25, 0.3) is 11.6 Å². The molecule has 2 nitrogen and oxygen atoms in total. The quantitative estimate of drug-likeness (QED) is 0.407. The van der Waals surface area contributed by atoms with Gasteiger partial charge in [0.2, 0.25) is 0 Å². The van der Waals surface area contributed by atoms with Crippen LogP contribution in [0.5, 0.6) is 0 Å². The third-order valence-corrected chi connectivity index (χ3v) is 6.01. The van der Waals surface area contributed by atoms with E-state index < -0.39 is 0 Å². The zero-order valence-electron chi connectivity index (χ0n) is 17.7. The van der Waals surface area contributed by atoms with Crippen molar-refractivity contribution in [3.8, 4) is 6.07 Å². The van der Waals surface area contributed by atoms with Crippen molar-refractivity contribution in [1.29, 1.82) is 5.26 Å². The third-order valence-electron chi connectivity index (χ3n) is 5.76. The fourth-order valence-corrected chi connectivity index (χ4v) is 4.84. The molecule has 1 aliphatic rings. The molecular formula is C25H29ClN2. The summed E-state index contributed by atoms with van der Waals surface area (Å²) in [6, 6.07) is 14.8. The topological polar surface area (TPSA) is 27.0 Å². The number of aryl methyl sites for hydroxylation is 1. The van der Waals surface area contributed by atoms with Crippen molar-refractivity contribution in [2.45, 2.75) is 65.5 Å². The summed E-state index contributed by atoms with van der Waals surface area (Å²) in [4.78, 5) is 2.55. The molecule has 28 heavy (non-hydrogen) atoms. The second-order valence-corrected chi connectivity index (χ2v) is 9.26. The molecule has 0 bridgehead atoms. The van der Waals surface area contributed by atoms with Crippen molar-refractivity contribution in [3.63, 3.8) is 0 Å². The maximum atomic E-state index is 9.72. The second-order valence-electron chi connectivity index (χ2n) is 8.83. The first-order chi connectivity index (χ1) is 13.1. The van der Waals surface area contributed by atoms with Crippen LogP contribution >= 0.6 is 11.6 Å². The zero-order valence-corrected chi connectivity index (χ0v) is 18.4. The first-order valence-corrected chi connectivity index (χ1v) is 10.3. The van der Waals surface area contributed by atoms with Crippen molar-refractivity contribution in [1.82, 2.24) is 0 Å². The molecule has 0 fully saturated rings. The molecule has 1 heterocycles. The predicted octanol–water partition coefficient (Wildman–Crippen LogP) is 7.21. The highest BCUT2D eigenvalue weighted by atomic mass is 35.5. The summed E-state index contributed by atoms with van der Waals surface area (Å²) < 4.78 is 0. The molecule has 0 saturated carbocycles. The predicted molar refractivity (Wildman–Crippen MR) is 121 cm³/mol. The third kappa shape index (κ3) is 3.82. The Bertz CT molecular complexity index is 946. The maximum absolute atomic E-state index is 9.72. The average molecular weight is 393 g/mol. The smallest absolute Gasteiger partial charge is 0.0998 e. The summed E-state index contributed by atoms with van der Waals surface area (Å²) in [6.45, 7) is 13.6. The largest absolute Gasteiger partial charge is 0.364 e. The van der Waals surface area contributed by atoms with Gasteiger partial charge in [-0.3, -0.25) is 0 Å². The van der Waals surface area contributed by atoms with Crippen LogP contribution in [0, 0.1) is 18.3 Å². The van der Waals surface area contributed by atoms with Crippen LogP contribution in [0.1, 0.15) is 69.2 Å². The molecule has 0 amide bonds. The van der Waals surface area contributed by atoms with E-state index in [4.69, 9.17) is 11.6 Å². The van der Waals surface area contributed by atoms with Crippen molar-refractivity contribution in [2.75, 3.05) is 4.90 Å². The first kappa shape index (κ1) is 20.5. The van der Waals surface area contributed by atoms with Gasteiger partial charge in [-0.2, -0.15) is 5.26 Å². The van der Waals surface area contributed by atoms with E-state index in [1.807, 2.05) is 30.3 Å². The van der Waals surface area contributed by atoms with Gasteiger partial charge >= 0.3 is 0 Å². The van der Waals surface area contributed by atoms with Gasteiger partial charge in [-0.05, 0) is 99.6 Å². The van der Waals surface area contributed by atoms with Gasteiger partial charge in [0.05, 0.1) is 11.6 Å². The van der Waals surface area contributed by atoms with Gasteiger partial charge < -0.3 is 4.90 Å². The van der Waals surface area contributed by atoms with Gasteiger partial charge in [0.1, 0.15) is 0 Å². The van der Waals surface area contributed by atoms with E-state index in [0.717, 1.165) is 17.5 Å². The Morgan fingerprint density at radius 2 is 1.89 bits per heavy atom. The van der Waals surface area contributed by atoms with Gasteiger partial charge in [0.25, 0.3) is 0 Å². The first-order valence-electron chi connectivity index (χ1n) is 9.95. The van der Waals surface area contributed by atoms with Crippen molar-refractivity contribution in [2.24, 2.45) is 0 Å². The SMILES string of the molecule is Cc1cc2c(cc1/C=C(/C#N)c1ccc(Cl)cc1)C(C)CC(C)(C)N2C(C)C. The van der Waals surface area contributed by atoms with E-state index in [9.17, 15) is 5.26 Å². The minimum absolute atomic E-state index is 0.130. The summed E-state index contributed by atoms with van der Waals surface area (Å²) in [7, 11) is 0. The minimum atomic E-state index is 0.130. The van der Waals surface area contributed by atoms with Crippen LogP contribution in [-0.4, -0.2) is 11.6 Å². The van der Waals surface area contributed by atoms with Crippen LogP contribution in [0.15, 0.2) is 36.4 Å². The van der Waals surface area contributed by atoms with E-state index in [2.05, 4.69) is 64.6 Å². The van der Waals surface area contributed by atoms with E-state index in [0.29, 0.717) is 22.6 Å². The normalized spacial score (nSPS) is 18.8. The molecule has 0 saturated heterocycles. The fourth-order valence-electron chi connectivity index (χ4n) is 4.71. The molecule has 0 spiro atoms. The van der Waals surface area contributed by atoms with Gasteiger partial charge in [-0.15, -0.1) is 0 Å². The average Bonchev–Trinajstić information content (AvgIpc) is 2.60. The summed E-state index contributed by atoms with van der Waals surface area (Å²) >= 11 is 6.00. The molecule has 0 radical (unpaired) electrons. The number of benzene rings is 2. The number of hydrogen-bond donors (Lipinski definition) is 0. The lowest BCUT2D eigenvalue weighted by Gasteiger charge is -2.50. The monoisotopic (exact) mass is 392 g/mol. The Hall–Kier alpha value is -2.24. The molecule has 2 aromatic rings. The molecule has 1 unspecified atom stereocenters. The van der Waals surface area contributed by atoms with Gasteiger partial charge in [-0.1, -0.05) is 30.7 Å². The standard InChI is InChI=1S/C25H29ClN2/c1-16(2)28-24-11-17(3)20(13-23(24)18(4)14-25(28,5)6)12-21(15-27)19-7-9-22(26)10-8-19/h7-13,16,18H,14H2,1-6H3/b21-12-. The summed E-state index contributed by atoms with van der Waals surface area (Å²) in [5, 5.41) is 10.4. The van der Waals surface area contributed by atoms with E-state index in [1.165, 1.54) is 16.8 Å². The molecule has 1 aliphatic heterocycles. The molecule has 0 aliphatic carbocycles. The highest BCUT2D eigenvalue weighted by Gasteiger charge is 2.37. The van der Waals surface area contributed by atoms with Crippen LogP contribution in [0.3, 0.4) is 0 Å². The Morgan fingerprint density at radius 1 is 1.25 bits per heavy atom. The van der Waals surface area contributed by atoms with Crippen molar-refractivity contribution in [3.05, 3.63) is 63.7 Å². The Balaban J connectivity index is 2.12. The van der Waals surface area contributed by atoms with Crippen molar-refractivity contribution >= 4 is 28.9 Å². The molecule has 3 rings (SSSR count). The lowest BCUT2D eigenvalue weighted by molar-refractivity contribution is 0.356. The lowest BCUT2D eigenvalue weighted by Crippen LogP contribution is -2.51. The van der Waals surface area contributed by atoms with E-state index >= 15 is 0 Å². The highest BCUT2D eigenvalue weighted by Crippen LogP contribution is 2.45. The van der Waals surface area contributed by atoms with Crippen LogP contribution in [-0.2, 0) is 0 Å². The van der Waals surface area contributed by atoms with Gasteiger partial charge in [0, 0.05) is 22.3 Å². The number of allylic oxidation sites excluding steroid dienone is 1. The number of fused-ring (bicyclic) bond motifs is 1.